The first kappa shape index (κ1) is 15.6. The van der Waals surface area contributed by atoms with Crippen molar-refractivity contribution >= 4 is 5.97 Å². The normalized spacial score (nSPS) is 17.9. The minimum Gasteiger partial charge on any atom is -0.492 e. The van der Waals surface area contributed by atoms with E-state index in [-0.39, 0.29) is 0 Å². The zero-order valence-corrected chi connectivity index (χ0v) is 13.2. The van der Waals surface area contributed by atoms with Crippen molar-refractivity contribution in [3.8, 4) is 5.75 Å². The largest absolute Gasteiger partial charge is 0.492 e. The number of nitrogens with zero attached hydrogens (tertiary/aromatic N) is 1. The standard InChI is InChI=1S/C19H21NO3/c1-14-6-8-15(9-7-14)10-11-20-12-13-23-17-5-3-2-4-16(17)18(20)19(21)22/h2-9,18H,10-13H2,1H3,(H,21,22). The minimum absolute atomic E-state index is 0.509. The topological polar surface area (TPSA) is 49.8 Å². The van der Waals surface area contributed by atoms with Crippen LogP contribution in [0, 0.1) is 6.92 Å². The third kappa shape index (κ3) is 3.54. The van der Waals surface area contributed by atoms with Gasteiger partial charge < -0.3 is 9.84 Å². The van der Waals surface area contributed by atoms with Crippen LogP contribution in [0.4, 0.5) is 0 Å². The molecule has 2 aromatic carbocycles. The second kappa shape index (κ2) is 6.84. The lowest BCUT2D eigenvalue weighted by Gasteiger charge is -2.26. The molecule has 1 unspecified atom stereocenters. The van der Waals surface area contributed by atoms with Gasteiger partial charge in [-0.25, -0.2) is 0 Å². The van der Waals surface area contributed by atoms with Gasteiger partial charge >= 0.3 is 5.97 Å². The van der Waals surface area contributed by atoms with Gasteiger partial charge in [0.1, 0.15) is 18.4 Å². The molecule has 0 aliphatic carbocycles. The lowest BCUT2D eigenvalue weighted by molar-refractivity contribution is -0.143. The molecule has 120 valence electrons. The fourth-order valence-corrected chi connectivity index (χ4v) is 2.99. The molecule has 1 heterocycles. The first-order valence-corrected chi connectivity index (χ1v) is 7.89. The molecule has 1 aliphatic heterocycles. The molecule has 1 N–H and O–H groups in total. The molecule has 0 aromatic heterocycles. The van der Waals surface area contributed by atoms with Crippen molar-refractivity contribution in [1.82, 2.24) is 4.90 Å². The molecule has 0 radical (unpaired) electrons. The van der Waals surface area contributed by atoms with Crippen LogP contribution in [0.15, 0.2) is 48.5 Å². The van der Waals surface area contributed by atoms with Crippen molar-refractivity contribution in [2.24, 2.45) is 0 Å². The number of carbonyl (C=O) groups is 1. The Bertz CT molecular complexity index is 681. The van der Waals surface area contributed by atoms with E-state index >= 15 is 0 Å². The number of benzene rings is 2. The molecule has 23 heavy (non-hydrogen) atoms. The van der Waals surface area contributed by atoms with Crippen molar-refractivity contribution < 1.29 is 14.6 Å². The van der Waals surface area contributed by atoms with Crippen molar-refractivity contribution in [3.05, 3.63) is 65.2 Å². The summed E-state index contributed by atoms with van der Waals surface area (Å²) in [7, 11) is 0. The Kier molecular flexibility index (Phi) is 4.63. The van der Waals surface area contributed by atoms with Crippen LogP contribution in [0.2, 0.25) is 0 Å². The average Bonchev–Trinajstić information content (AvgIpc) is 2.73. The molecule has 4 nitrogen and oxygen atoms in total. The molecule has 0 amide bonds. The molecule has 1 aliphatic rings. The van der Waals surface area contributed by atoms with Gasteiger partial charge in [-0.1, -0.05) is 48.0 Å². The molecule has 0 bridgehead atoms. The van der Waals surface area contributed by atoms with E-state index in [1.165, 1.54) is 11.1 Å². The van der Waals surface area contributed by atoms with E-state index < -0.39 is 12.0 Å². The highest BCUT2D eigenvalue weighted by atomic mass is 16.5. The van der Waals surface area contributed by atoms with E-state index in [1.54, 1.807) is 0 Å². The number of carboxylic acids is 1. The summed E-state index contributed by atoms with van der Waals surface area (Å²) >= 11 is 0. The van der Waals surface area contributed by atoms with Crippen LogP contribution < -0.4 is 4.74 Å². The second-order valence-electron chi connectivity index (χ2n) is 5.90. The molecule has 0 saturated carbocycles. The highest BCUT2D eigenvalue weighted by Gasteiger charge is 2.31. The summed E-state index contributed by atoms with van der Waals surface area (Å²) in [6.07, 6.45) is 0.826. The van der Waals surface area contributed by atoms with Crippen molar-refractivity contribution in [3.63, 3.8) is 0 Å². The van der Waals surface area contributed by atoms with Crippen LogP contribution in [-0.4, -0.2) is 35.7 Å². The first-order chi connectivity index (χ1) is 11.1. The SMILES string of the molecule is Cc1ccc(CCN2CCOc3ccccc3C2C(=O)O)cc1. The Balaban J connectivity index is 1.80. The van der Waals surface area contributed by atoms with Crippen LogP contribution in [0.1, 0.15) is 22.7 Å². The third-order valence-electron chi connectivity index (χ3n) is 4.26. The summed E-state index contributed by atoms with van der Waals surface area (Å²) in [6.45, 7) is 3.87. The number of para-hydroxylation sites is 1. The zero-order chi connectivity index (χ0) is 16.2. The van der Waals surface area contributed by atoms with Gasteiger partial charge in [0.15, 0.2) is 0 Å². The molecular weight excluding hydrogens is 290 g/mol. The maximum Gasteiger partial charge on any atom is 0.325 e. The van der Waals surface area contributed by atoms with E-state index in [2.05, 4.69) is 31.2 Å². The molecule has 0 saturated heterocycles. The van der Waals surface area contributed by atoms with E-state index in [9.17, 15) is 9.90 Å². The number of hydrogen-bond acceptors (Lipinski definition) is 3. The highest BCUT2D eigenvalue weighted by molar-refractivity contribution is 5.77. The van der Waals surface area contributed by atoms with Gasteiger partial charge in [-0.2, -0.15) is 0 Å². The van der Waals surface area contributed by atoms with E-state index in [0.29, 0.717) is 25.4 Å². The van der Waals surface area contributed by atoms with Gasteiger partial charge in [-0.3, -0.25) is 9.69 Å². The quantitative estimate of drug-likeness (QED) is 0.943. The maximum absolute atomic E-state index is 11.8. The summed E-state index contributed by atoms with van der Waals surface area (Å²) in [4.78, 5) is 13.8. The molecule has 0 fully saturated rings. The van der Waals surface area contributed by atoms with Crippen molar-refractivity contribution in [2.45, 2.75) is 19.4 Å². The number of rotatable bonds is 4. The number of fused-ring (bicyclic) bond motifs is 1. The smallest absolute Gasteiger partial charge is 0.325 e. The molecule has 3 rings (SSSR count). The average molecular weight is 311 g/mol. The Morgan fingerprint density at radius 3 is 2.70 bits per heavy atom. The Morgan fingerprint density at radius 1 is 1.22 bits per heavy atom. The number of aryl methyl sites for hydroxylation is 1. The summed E-state index contributed by atoms with van der Waals surface area (Å²) in [5, 5.41) is 9.72. The van der Waals surface area contributed by atoms with Gasteiger partial charge in [-0.05, 0) is 25.0 Å². The Hall–Kier alpha value is -2.33. The summed E-state index contributed by atoms with van der Waals surface area (Å²) in [5.41, 5.74) is 3.19. The van der Waals surface area contributed by atoms with E-state index in [1.807, 2.05) is 29.2 Å². The minimum atomic E-state index is -0.827. The van der Waals surface area contributed by atoms with Gasteiger partial charge in [0, 0.05) is 18.7 Å². The fourth-order valence-electron chi connectivity index (χ4n) is 2.99. The number of ether oxygens (including phenoxy) is 1. The number of aliphatic carboxylic acids is 1. The summed E-state index contributed by atoms with van der Waals surface area (Å²) < 4.78 is 5.72. The van der Waals surface area contributed by atoms with Gasteiger partial charge in [-0.15, -0.1) is 0 Å². The zero-order valence-electron chi connectivity index (χ0n) is 13.2. The number of carboxylic acid groups (broad SMARTS) is 1. The van der Waals surface area contributed by atoms with Crippen LogP contribution in [-0.2, 0) is 11.2 Å². The summed E-state index contributed by atoms with van der Waals surface area (Å²) in [6, 6.07) is 15.2. The van der Waals surface area contributed by atoms with Crippen LogP contribution in [0.5, 0.6) is 5.75 Å². The van der Waals surface area contributed by atoms with Crippen LogP contribution >= 0.6 is 0 Å². The van der Waals surface area contributed by atoms with Gasteiger partial charge in [0.05, 0.1) is 0 Å². The lowest BCUT2D eigenvalue weighted by atomic mass is 10.0. The van der Waals surface area contributed by atoms with Crippen LogP contribution in [0.3, 0.4) is 0 Å². The van der Waals surface area contributed by atoms with Crippen molar-refractivity contribution in [1.29, 1.82) is 0 Å². The van der Waals surface area contributed by atoms with Gasteiger partial charge in [0.25, 0.3) is 0 Å². The van der Waals surface area contributed by atoms with Crippen LogP contribution in [0.25, 0.3) is 0 Å². The molecule has 4 heteroatoms. The Morgan fingerprint density at radius 2 is 1.96 bits per heavy atom. The lowest BCUT2D eigenvalue weighted by Crippen LogP contribution is -2.36. The Labute approximate surface area is 136 Å². The fraction of sp³-hybridized carbons (Fsp3) is 0.316. The molecule has 1 atom stereocenters. The molecular formula is C19H21NO3. The summed E-state index contributed by atoms with van der Waals surface area (Å²) in [5.74, 6) is -0.149. The molecule has 2 aromatic rings. The number of hydrogen-bond donors (Lipinski definition) is 1. The van der Waals surface area contributed by atoms with E-state index in [4.69, 9.17) is 4.74 Å². The predicted octanol–water partition coefficient (Wildman–Crippen LogP) is 3.06. The first-order valence-electron chi connectivity index (χ1n) is 7.89. The highest BCUT2D eigenvalue weighted by Crippen LogP contribution is 2.32. The van der Waals surface area contributed by atoms with E-state index in [0.717, 1.165) is 12.0 Å². The maximum atomic E-state index is 11.8. The second-order valence-corrected chi connectivity index (χ2v) is 5.90. The van der Waals surface area contributed by atoms with Crippen molar-refractivity contribution in [2.75, 3.05) is 19.7 Å². The monoisotopic (exact) mass is 311 g/mol. The predicted molar refractivity (Wildman–Crippen MR) is 88.8 cm³/mol. The molecule has 0 spiro atoms. The third-order valence-corrected chi connectivity index (χ3v) is 4.26. The van der Waals surface area contributed by atoms with Gasteiger partial charge in [0.2, 0.25) is 0 Å².